The van der Waals surface area contributed by atoms with Crippen molar-refractivity contribution in [2.24, 2.45) is 0 Å². The molecule has 0 radical (unpaired) electrons. The van der Waals surface area contributed by atoms with Gasteiger partial charge in [-0.2, -0.15) is 0 Å². The Morgan fingerprint density at radius 1 is 1.04 bits per heavy atom. The molecule has 0 atom stereocenters. The third-order valence-electron chi connectivity index (χ3n) is 3.79. The van der Waals surface area contributed by atoms with Crippen LogP contribution in [0.25, 0.3) is 11.1 Å². The predicted molar refractivity (Wildman–Crippen MR) is 102 cm³/mol. The summed E-state index contributed by atoms with van der Waals surface area (Å²) in [6.07, 6.45) is 0.948. The normalized spacial score (nSPS) is 11.2. The number of para-hydroxylation sites is 1. The van der Waals surface area contributed by atoms with Crippen LogP contribution in [0.3, 0.4) is 0 Å². The second-order valence-electron chi connectivity index (χ2n) is 7.21. The van der Waals surface area contributed by atoms with Gasteiger partial charge < -0.3 is 15.4 Å². The summed E-state index contributed by atoms with van der Waals surface area (Å²) in [5.74, 6) is 0.642. The van der Waals surface area contributed by atoms with Gasteiger partial charge in [0.2, 0.25) is 0 Å². The summed E-state index contributed by atoms with van der Waals surface area (Å²) in [5, 5.41) is 5.20. The number of nitrogens with one attached hydrogen (secondary N) is 1. The Morgan fingerprint density at radius 2 is 1.72 bits per heavy atom. The van der Waals surface area contributed by atoms with Gasteiger partial charge in [-0.25, -0.2) is 0 Å². The van der Waals surface area contributed by atoms with E-state index in [1.54, 1.807) is 0 Å². The van der Waals surface area contributed by atoms with Crippen molar-refractivity contribution in [1.29, 1.82) is 0 Å². The van der Waals surface area contributed by atoms with E-state index < -0.39 is 0 Å². The zero-order valence-corrected chi connectivity index (χ0v) is 15.4. The maximum Gasteiger partial charge on any atom is 0.257 e. The van der Waals surface area contributed by atoms with E-state index in [0.717, 1.165) is 29.8 Å². The Kier molecular flexibility index (Phi) is 7.02. The number of ether oxygens (including phenoxy) is 1. The average Bonchev–Trinajstić information content (AvgIpc) is 2.60. The number of benzene rings is 2. The first-order valence-corrected chi connectivity index (χ1v) is 8.84. The van der Waals surface area contributed by atoms with Crippen molar-refractivity contribution in [1.82, 2.24) is 5.32 Å². The molecule has 0 unspecified atom stereocenters. The monoisotopic (exact) mass is 341 g/mol. The van der Waals surface area contributed by atoms with E-state index in [4.69, 9.17) is 4.74 Å². The fourth-order valence-corrected chi connectivity index (χ4v) is 2.51. The summed E-state index contributed by atoms with van der Waals surface area (Å²) in [6.45, 7) is 8.26. The summed E-state index contributed by atoms with van der Waals surface area (Å²) < 4.78 is 5.74. The topological polar surface area (TPSA) is 54.9 Å². The summed E-state index contributed by atoms with van der Waals surface area (Å²) >= 11 is 0. The molecule has 1 amide bonds. The predicted octanol–water partition coefficient (Wildman–Crippen LogP) is 2.60. The van der Waals surface area contributed by atoms with Crippen molar-refractivity contribution in [2.45, 2.75) is 32.7 Å². The first-order valence-electron chi connectivity index (χ1n) is 8.84. The van der Waals surface area contributed by atoms with Gasteiger partial charge in [0.1, 0.15) is 5.75 Å². The van der Waals surface area contributed by atoms with Crippen LogP contribution in [-0.2, 0) is 4.79 Å². The molecule has 0 aliphatic heterocycles. The van der Waals surface area contributed by atoms with Gasteiger partial charge in [0.25, 0.3) is 5.91 Å². The van der Waals surface area contributed by atoms with Crippen LogP contribution in [0.4, 0.5) is 0 Å². The molecule has 0 aromatic heterocycles. The molecule has 0 fully saturated rings. The summed E-state index contributed by atoms with van der Waals surface area (Å²) in [4.78, 5) is 12.0. The van der Waals surface area contributed by atoms with Gasteiger partial charge in [-0.1, -0.05) is 48.5 Å². The lowest BCUT2D eigenvalue weighted by molar-refractivity contribution is -0.717. The molecule has 0 spiro atoms. The van der Waals surface area contributed by atoms with Gasteiger partial charge in [0.15, 0.2) is 6.61 Å². The lowest BCUT2D eigenvalue weighted by Crippen LogP contribution is -2.94. The highest BCUT2D eigenvalue weighted by atomic mass is 16.5. The molecule has 25 heavy (non-hydrogen) atoms. The van der Waals surface area contributed by atoms with Crippen molar-refractivity contribution in [3.63, 3.8) is 0 Å². The van der Waals surface area contributed by atoms with Gasteiger partial charge in [-0.15, -0.1) is 0 Å². The molecule has 2 aromatic rings. The van der Waals surface area contributed by atoms with Crippen LogP contribution in [0, 0.1) is 0 Å². The molecule has 4 heteroatoms. The maximum atomic E-state index is 12.0. The highest BCUT2D eigenvalue weighted by molar-refractivity contribution is 5.78. The highest BCUT2D eigenvalue weighted by Crippen LogP contribution is 2.29. The van der Waals surface area contributed by atoms with Crippen LogP contribution in [0.2, 0.25) is 0 Å². The van der Waals surface area contributed by atoms with E-state index in [2.05, 4.69) is 31.4 Å². The van der Waals surface area contributed by atoms with Crippen LogP contribution >= 0.6 is 0 Å². The molecule has 0 bridgehead atoms. The fraction of sp³-hybridized carbons (Fsp3) is 0.381. The average molecular weight is 341 g/mol. The Hall–Kier alpha value is -2.33. The number of hydrogen-bond donors (Lipinski definition) is 2. The van der Waals surface area contributed by atoms with Gasteiger partial charge in [0.05, 0.1) is 12.1 Å². The van der Waals surface area contributed by atoms with E-state index in [-0.39, 0.29) is 18.1 Å². The van der Waals surface area contributed by atoms with Gasteiger partial charge >= 0.3 is 0 Å². The van der Waals surface area contributed by atoms with Gasteiger partial charge in [-0.05, 0) is 32.4 Å². The van der Waals surface area contributed by atoms with Crippen molar-refractivity contribution < 1.29 is 14.8 Å². The number of hydrogen-bond acceptors (Lipinski definition) is 2. The van der Waals surface area contributed by atoms with Crippen LogP contribution < -0.4 is 15.4 Å². The Bertz CT molecular complexity index is 663. The number of nitrogens with two attached hydrogens (primary N) is 1. The molecular formula is C21H29N2O2+. The molecule has 0 aliphatic rings. The molecule has 134 valence electrons. The Morgan fingerprint density at radius 3 is 2.44 bits per heavy atom. The maximum absolute atomic E-state index is 12.0. The standard InChI is InChI=1S/C21H28N2O2/c1-21(2,3)23-15-9-14-22-20(24)16-25-19-13-8-7-12-18(19)17-10-5-4-6-11-17/h4-8,10-13,23H,9,14-16H2,1-3H3,(H,22,24)/p+1. The first-order chi connectivity index (χ1) is 12.0. The van der Waals surface area contributed by atoms with Gasteiger partial charge in [0, 0.05) is 18.5 Å². The zero-order valence-electron chi connectivity index (χ0n) is 15.4. The molecule has 0 aliphatic carbocycles. The second kappa shape index (κ2) is 9.23. The fourth-order valence-electron chi connectivity index (χ4n) is 2.51. The Labute approximate surface area is 150 Å². The van der Waals surface area contributed by atoms with Crippen molar-refractivity contribution in [2.75, 3.05) is 19.7 Å². The van der Waals surface area contributed by atoms with Crippen LogP contribution in [-0.4, -0.2) is 31.1 Å². The third-order valence-corrected chi connectivity index (χ3v) is 3.79. The van der Waals surface area contributed by atoms with Gasteiger partial charge in [-0.3, -0.25) is 4.79 Å². The summed E-state index contributed by atoms with van der Waals surface area (Å²) in [6, 6.07) is 17.8. The highest BCUT2D eigenvalue weighted by Gasteiger charge is 2.12. The minimum absolute atomic E-state index is 0.0346. The van der Waals surface area contributed by atoms with E-state index in [9.17, 15) is 4.79 Å². The van der Waals surface area contributed by atoms with E-state index >= 15 is 0 Å². The lowest BCUT2D eigenvalue weighted by Gasteiger charge is -2.16. The second-order valence-corrected chi connectivity index (χ2v) is 7.21. The molecule has 4 nitrogen and oxygen atoms in total. The van der Waals surface area contributed by atoms with Crippen molar-refractivity contribution in [3.05, 3.63) is 54.6 Å². The van der Waals surface area contributed by atoms with E-state index in [0.29, 0.717) is 6.54 Å². The molecule has 0 saturated carbocycles. The number of amides is 1. The molecule has 0 saturated heterocycles. The largest absolute Gasteiger partial charge is 0.483 e. The SMILES string of the molecule is CC(C)(C)[NH2+]CCCNC(=O)COc1ccccc1-c1ccccc1. The number of carbonyl (C=O) groups is 1. The molecule has 2 rings (SSSR count). The summed E-state index contributed by atoms with van der Waals surface area (Å²) in [7, 11) is 0. The molecular weight excluding hydrogens is 312 g/mol. The molecule has 0 heterocycles. The van der Waals surface area contributed by atoms with Crippen molar-refractivity contribution in [3.8, 4) is 16.9 Å². The van der Waals surface area contributed by atoms with E-state index in [1.807, 2.05) is 54.6 Å². The van der Waals surface area contributed by atoms with Crippen LogP contribution in [0.15, 0.2) is 54.6 Å². The Balaban J connectivity index is 1.79. The van der Waals surface area contributed by atoms with Crippen LogP contribution in [0.1, 0.15) is 27.2 Å². The number of quaternary nitrogens is 1. The van der Waals surface area contributed by atoms with E-state index in [1.165, 1.54) is 0 Å². The number of carbonyl (C=O) groups excluding carboxylic acids is 1. The smallest absolute Gasteiger partial charge is 0.257 e. The molecule has 2 aromatic carbocycles. The third kappa shape index (κ3) is 6.98. The van der Waals surface area contributed by atoms with Crippen LogP contribution in [0.5, 0.6) is 5.75 Å². The number of rotatable bonds is 8. The summed E-state index contributed by atoms with van der Waals surface area (Å²) in [5.41, 5.74) is 2.31. The minimum atomic E-state index is -0.0846. The minimum Gasteiger partial charge on any atom is -0.483 e. The molecule has 3 N–H and O–H groups in total. The lowest BCUT2D eigenvalue weighted by atomic mass is 10.1. The van der Waals surface area contributed by atoms with Crippen molar-refractivity contribution >= 4 is 5.91 Å². The first kappa shape index (κ1) is 19.0. The zero-order chi connectivity index (χ0) is 18.1. The quantitative estimate of drug-likeness (QED) is 0.725.